The van der Waals surface area contributed by atoms with Gasteiger partial charge in [-0.25, -0.2) is 9.67 Å². The van der Waals surface area contributed by atoms with Gasteiger partial charge >= 0.3 is 0 Å². The molecule has 94 valence electrons. The third-order valence-electron chi connectivity index (χ3n) is 2.33. The van der Waals surface area contributed by atoms with Gasteiger partial charge in [0.1, 0.15) is 12.9 Å². The maximum Gasteiger partial charge on any atom is 0.246 e. The molecule has 1 heterocycles. The van der Waals surface area contributed by atoms with Crippen LogP contribution in [0.15, 0.2) is 24.5 Å². The van der Waals surface area contributed by atoms with Crippen molar-refractivity contribution in [3.05, 3.63) is 35.1 Å². The topological polar surface area (TPSA) is 85.8 Å². The van der Waals surface area contributed by atoms with Gasteiger partial charge in [0, 0.05) is 10.7 Å². The van der Waals surface area contributed by atoms with Crippen LogP contribution in [0, 0.1) is 6.92 Å². The van der Waals surface area contributed by atoms with E-state index in [1.54, 1.807) is 12.1 Å². The zero-order valence-electron chi connectivity index (χ0n) is 9.72. The van der Waals surface area contributed by atoms with Gasteiger partial charge in [-0.2, -0.15) is 0 Å². The molecule has 0 bridgehead atoms. The first kappa shape index (κ1) is 12.4. The van der Waals surface area contributed by atoms with Crippen LogP contribution in [0.5, 0.6) is 0 Å². The number of nitrogens with two attached hydrogens (primary N) is 1. The van der Waals surface area contributed by atoms with Crippen LogP contribution in [0.3, 0.4) is 0 Å². The van der Waals surface area contributed by atoms with Crippen molar-refractivity contribution in [1.82, 2.24) is 14.8 Å². The van der Waals surface area contributed by atoms with Crippen LogP contribution < -0.4 is 11.1 Å². The van der Waals surface area contributed by atoms with Gasteiger partial charge in [-0.05, 0) is 24.6 Å². The quantitative estimate of drug-likeness (QED) is 0.880. The van der Waals surface area contributed by atoms with Gasteiger partial charge in [0.2, 0.25) is 11.9 Å². The van der Waals surface area contributed by atoms with Gasteiger partial charge in [-0.1, -0.05) is 17.7 Å². The molecule has 1 aromatic heterocycles. The Hall–Kier alpha value is -2.08. The van der Waals surface area contributed by atoms with E-state index in [1.807, 2.05) is 13.0 Å². The lowest BCUT2D eigenvalue weighted by atomic mass is 10.2. The zero-order valence-corrected chi connectivity index (χ0v) is 10.5. The molecule has 0 spiro atoms. The molecule has 0 unspecified atom stereocenters. The molecule has 3 N–H and O–H groups in total. The normalized spacial score (nSPS) is 10.3. The minimum atomic E-state index is -0.217. The van der Waals surface area contributed by atoms with E-state index >= 15 is 0 Å². The number of anilines is 2. The van der Waals surface area contributed by atoms with Crippen LogP contribution in [-0.2, 0) is 11.3 Å². The van der Waals surface area contributed by atoms with Crippen molar-refractivity contribution in [3.8, 4) is 0 Å². The van der Waals surface area contributed by atoms with E-state index in [2.05, 4.69) is 15.4 Å². The van der Waals surface area contributed by atoms with Crippen molar-refractivity contribution in [2.75, 3.05) is 11.1 Å². The Morgan fingerprint density at radius 3 is 3.00 bits per heavy atom. The molecular formula is C11H12ClN5O. The standard InChI is InChI=1S/C11H12ClN5O/c1-7-2-3-8(12)4-9(7)15-10(18)5-17-6-14-11(13)16-17/h2-4,6H,5H2,1H3,(H2,13,16)(H,15,18). The summed E-state index contributed by atoms with van der Waals surface area (Å²) in [5.41, 5.74) is 6.98. The average molecular weight is 266 g/mol. The number of rotatable bonds is 3. The van der Waals surface area contributed by atoms with E-state index < -0.39 is 0 Å². The molecular weight excluding hydrogens is 254 g/mol. The number of hydrogen-bond donors (Lipinski definition) is 2. The molecule has 1 amide bonds. The van der Waals surface area contributed by atoms with Crippen LogP contribution in [-0.4, -0.2) is 20.7 Å². The molecule has 0 saturated heterocycles. The second-order valence-electron chi connectivity index (χ2n) is 3.81. The number of aromatic nitrogens is 3. The van der Waals surface area contributed by atoms with Gasteiger partial charge in [-0.15, -0.1) is 5.10 Å². The zero-order chi connectivity index (χ0) is 13.1. The number of aryl methyl sites for hydroxylation is 1. The summed E-state index contributed by atoms with van der Waals surface area (Å²) in [4.78, 5) is 15.5. The van der Waals surface area contributed by atoms with Gasteiger partial charge in [0.05, 0.1) is 0 Å². The Kier molecular flexibility index (Phi) is 3.47. The molecule has 0 aliphatic heterocycles. The number of carbonyl (C=O) groups excluding carboxylic acids is 1. The maximum absolute atomic E-state index is 11.8. The lowest BCUT2D eigenvalue weighted by molar-refractivity contribution is -0.116. The smallest absolute Gasteiger partial charge is 0.246 e. The molecule has 18 heavy (non-hydrogen) atoms. The van der Waals surface area contributed by atoms with E-state index in [0.29, 0.717) is 10.7 Å². The fourth-order valence-electron chi connectivity index (χ4n) is 1.45. The summed E-state index contributed by atoms with van der Waals surface area (Å²) in [6, 6.07) is 5.31. The molecule has 0 saturated carbocycles. The van der Waals surface area contributed by atoms with E-state index in [-0.39, 0.29) is 18.4 Å². The number of carbonyl (C=O) groups is 1. The number of nitrogen functional groups attached to an aromatic ring is 1. The first-order valence-corrected chi connectivity index (χ1v) is 5.63. The van der Waals surface area contributed by atoms with Crippen LogP contribution in [0.4, 0.5) is 11.6 Å². The van der Waals surface area contributed by atoms with Crippen LogP contribution >= 0.6 is 11.6 Å². The molecule has 1 aromatic carbocycles. The van der Waals surface area contributed by atoms with Crippen molar-refractivity contribution < 1.29 is 4.79 Å². The van der Waals surface area contributed by atoms with Crippen LogP contribution in [0.25, 0.3) is 0 Å². The monoisotopic (exact) mass is 265 g/mol. The van der Waals surface area contributed by atoms with E-state index in [1.165, 1.54) is 11.0 Å². The van der Waals surface area contributed by atoms with Crippen molar-refractivity contribution in [3.63, 3.8) is 0 Å². The first-order chi connectivity index (χ1) is 8.54. The fraction of sp³-hybridized carbons (Fsp3) is 0.182. The predicted molar refractivity (Wildman–Crippen MR) is 69.3 cm³/mol. The van der Waals surface area contributed by atoms with E-state index in [4.69, 9.17) is 17.3 Å². The highest BCUT2D eigenvalue weighted by molar-refractivity contribution is 6.31. The highest BCUT2D eigenvalue weighted by atomic mass is 35.5. The number of nitrogens with zero attached hydrogens (tertiary/aromatic N) is 3. The minimum absolute atomic E-state index is 0.0517. The van der Waals surface area contributed by atoms with Crippen molar-refractivity contribution in [2.45, 2.75) is 13.5 Å². The van der Waals surface area contributed by atoms with Gasteiger partial charge in [0.25, 0.3) is 0 Å². The summed E-state index contributed by atoms with van der Waals surface area (Å²) in [6.07, 6.45) is 1.40. The Morgan fingerprint density at radius 1 is 1.56 bits per heavy atom. The van der Waals surface area contributed by atoms with Crippen LogP contribution in [0.1, 0.15) is 5.56 Å². The second-order valence-corrected chi connectivity index (χ2v) is 4.24. The lowest BCUT2D eigenvalue weighted by Gasteiger charge is -2.08. The Labute approximate surface area is 109 Å². The Bertz CT molecular complexity index is 581. The number of halogens is 1. The predicted octanol–water partition coefficient (Wildman–Crippen LogP) is 1.46. The number of amides is 1. The lowest BCUT2D eigenvalue weighted by Crippen LogP contribution is -2.19. The number of nitrogens with one attached hydrogen (secondary N) is 1. The molecule has 2 rings (SSSR count). The van der Waals surface area contributed by atoms with Gasteiger partial charge in [0.15, 0.2) is 0 Å². The largest absolute Gasteiger partial charge is 0.367 e. The Balaban J connectivity index is 2.05. The summed E-state index contributed by atoms with van der Waals surface area (Å²) in [5.74, 6) is -0.0768. The molecule has 0 atom stereocenters. The number of hydrogen-bond acceptors (Lipinski definition) is 4. The minimum Gasteiger partial charge on any atom is -0.367 e. The highest BCUT2D eigenvalue weighted by Crippen LogP contribution is 2.20. The van der Waals surface area contributed by atoms with Crippen molar-refractivity contribution in [1.29, 1.82) is 0 Å². The second kappa shape index (κ2) is 5.05. The average Bonchev–Trinajstić information content (AvgIpc) is 2.69. The molecule has 2 aromatic rings. The molecule has 0 fully saturated rings. The molecule has 6 nitrogen and oxygen atoms in total. The van der Waals surface area contributed by atoms with Gasteiger partial charge < -0.3 is 11.1 Å². The first-order valence-electron chi connectivity index (χ1n) is 5.25. The van der Waals surface area contributed by atoms with Crippen molar-refractivity contribution in [2.24, 2.45) is 0 Å². The summed E-state index contributed by atoms with van der Waals surface area (Å²) < 4.78 is 1.37. The van der Waals surface area contributed by atoms with Crippen LogP contribution in [0.2, 0.25) is 5.02 Å². The van der Waals surface area contributed by atoms with E-state index in [0.717, 1.165) is 5.56 Å². The summed E-state index contributed by atoms with van der Waals surface area (Å²) in [5, 5.41) is 7.15. The SMILES string of the molecule is Cc1ccc(Cl)cc1NC(=O)Cn1cnc(N)n1. The number of benzene rings is 1. The molecule has 7 heteroatoms. The molecule has 0 aliphatic rings. The van der Waals surface area contributed by atoms with E-state index in [9.17, 15) is 4.79 Å². The van der Waals surface area contributed by atoms with Crippen molar-refractivity contribution >= 4 is 29.1 Å². The molecule has 0 aliphatic carbocycles. The third-order valence-corrected chi connectivity index (χ3v) is 2.57. The Morgan fingerprint density at radius 2 is 2.33 bits per heavy atom. The highest BCUT2D eigenvalue weighted by Gasteiger charge is 2.07. The summed E-state index contributed by atoms with van der Waals surface area (Å²) in [7, 11) is 0. The summed E-state index contributed by atoms with van der Waals surface area (Å²) >= 11 is 5.87. The third kappa shape index (κ3) is 2.98. The summed E-state index contributed by atoms with van der Waals surface area (Å²) in [6.45, 7) is 1.94. The molecule has 0 radical (unpaired) electrons. The fourth-order valence-corrected chi connectivity index (χ4v) is 1.62. The maximum atomic E-state index is 11.8. The van der Waals surface area contributed by atoms with Gasteiger partial charge in [-0.3, -0.25) is 4.79 Å².